The Labute approximate surface area is 172 Å². The molecule has 1 fully saturated rings. The molecule has 1 aromatic carbocycles. The molecular formula is C19H20N4O6S. The summed E-state index contributed by atoms with van der Waals surface area (Å²) in [6.07, 6.45) is 0.828. The standard InChI is InChI=1S/C19H20N4O6S/c1-11-16(12(2)21-20-11)30(27,28)22-9-5-6-13(10-22)19(26)29-23-17(24)14-7-3-4-8-15(14)18(23)25/h3-4,7-8,13H,5-6,9-10H2,1-2H3,(H,20,21). The monoisotopic (exact) mass is 432 g/mol. The molecule has 30 heavy (non-hydrogen) atoms. The Morgan fingerprint density at radius 1 is 1.17 bits per heavy atom. The number of aromatic amines is 1. The highest BCUT2D eigenvalue weighted by atomic mass is 32.2. The maximum atomic E-state index is 13.1. The van der Waals surface area contributed by atoms with Gasteiger partial charge in [-0.25, -0.2) is 13.2 Å². The van der Waals surface area contributed by atoms with Crippen molar-refractivity contribution in [2.45, 2.75) is 31.6 Å². The number of carbonyl (C=O) groups is 3. The average Bonchev–Trinajstić information content (AvgIpc) is 3.20. The van der Waals surface area contributed by atoms with Crippen LogP contribution in [0.25, 0.3) is 0 Å². The summed E-state index contributed by atoms with van der Waals surface area (Å²) in [5.41, 5.74) is 1.09. The molecule has 0 bridgehead atoms. The van der Waals surface area contributed by atoms with Gasteiger partial charge >= 0.3 is 5.97 Å². The highest BCUT2D eigenvalue weighted by molar-refractivity contribution is 7.89. The predicted molar refractivity (Wildman–Crippen MR) is 103 cm³/mol. The predicted octanol–water partition coefficient (Wildman–Crippen LogP) is 1.18. The smallest absolute Gasteiger partial charge is 0.329 e. The number of nitrogens with zero attached hydrogens (tertiary/aromatic N) is 3. The summed E-state index contributed by atoms with van der Waals surface area (Å²) in [6.45, 7) is 3.36. The van der Waals surface area contributed by atoms with Crippen LogP contribution >= 0.6 is 0 Å². The second kappa shape index (κ2) is 7.33. The van der Waals surface area contributed by atoms with Gasteiger partial charge in [0.15, 0.2) is 0 Å². The minimum absolute atomic E-state index is 0.0943. The molecule has 3 heterocycles. The number of imide groups is 1. The van der Waals surface area contributed by atoms with Crippen LogP contribution in [0.1, 0.15) is 44.9 Å². The Hall–Kier alpha value is -3.05. The Bertz CT molecular complexity index is 1100. The highest BCUT2D eigenvalue weighted by Crippen LogP contribution is 2.29. The van der Waals surface area contributed by atoms with Gasteiger partial charge in [-0.05, 0) is 38.8 Å². The number of hydrogen-bond donors (Lipinski definition) is 1. The Balaban J connectivity index is 1.50. The largest absolute Gasteiger partial charge is 0.337 e. The molecule has 1 N–H and O–H groups in total. The summed E-state index contributed by atoms with van der Waals surface area (Å²) >= 11 is 0. The first-order valence-corrected chi connectivity index (χ1v) is 10.9. The van der Waals surface area contributed by atoms with Crippen LogP contribution in [-0.4, -0.2) is 58.9 Å². The average molecular weight is 432 g/mol. The van der Waals surface area contributed by atoms with Gasteiger partial charge in [-0.3, -0.25) is 14.7 Å². The van der Waals surface area contributed by atoms with Crippen LogP contribution < -0.4 is 0 Å². The first-order valence-electron chi connectivity index (χ1n) is 9.43. The molecule has 0 aliphatic carbocycles. The summed E-state index contributed by atoms with van der Waals surface area (Å²) < 4.78 is 27.3. The third-order valence-corrected chi connectivity index (χ3v) is 7.44. The van der Waals surface area contributed by atoms with Crippen molar-refractivity contribution < 1.29 is 27.6 Å². The molecule has 10 nitrogen and oxygen atoms in total. The molecule has 2 aliphatic heterocycles. The minimum Gasteiger partial charge on any atom is -0.329 e. The topological polar surface area (TPSA) is 130 Å². The van der Waals surface area contributed by atoms with E-state index in [9.17, 15) is 22.8 Å². The zero-order valence-electron chi connectivity index (χ0n) is 16.4. The van der Waals surface area contributed by atoms with Crippen molar-refractivity contribution >= 4 is 27.8 Å². The van der Waals surface area contributed by atoms with E-state index in [0.717, 1.165) is 0 Å². The molecule has 2 amide bonds. The van der Waals surface area contributed by atoms with Gasteiger partial charge in [0.2, 0.25) is 10.0 Å². The van der Waals surface area contributed by atoms with Gasteiger partial charge in [0.25, 0.3) is 11.8 Å². The summed E-state index contributed by atoms with van der Waals surface area (Å²) in [5.74, 6) is -3.04. The fourth-order valence-corrected chi connectivity index (χ4v) is 5.67. The van der Waals surface area contributed by atoms with Crippen LogP contribution in [0, 0.1) is 19.8 Å². The zero-order valence-corrected chi connectivity index (χ0v) is 17.2. The lowest BCUT2D eigenvalue weighted by atomic mass is 10.0. The Morgan fingerprint density at radius 3 is 2.37 bits per heavy atom. The molecule has 1 saturated heterocycles. The molecule has 11 heteroatoms. The van der Waals surface area contributed by atoms with E-state index in [1.807, 2.05) is 0 Å². The third-order valence-electron chi connectivity index (χ3n) is 5.31. The number of aryl methyl sites for hydroxylation is 2. The number of piperidine rings is 1. The van der Waals surface area contributed by atoms with Crippen molar-refractivity contribution in [2.24, 2.45) is 5.92 Å². The van der Waals surface area contributed by atoms with E-state index in [2.05, 4.69) is 10.2 Å². The van der Waals surface area contributed by atoms with Crippen molar-refractivity contribution in [1.29, 1.82) is 0 Å². The van der Waals surface area contributed by atoms with Gasteiger partial charge < -0.3 is 4.84 Å². The highest BCUT2D eigenvalue weighted by Gasteiger charge is 2.42. The molecule has 0 radical (unpaired) electrons. The first kappa shape index (κ1) is 20.2. The number of aromatic nitrogens is 2. The van der Waals surface area contributed by atoms with E-state index in [4.69, 9.17) is 4.84 Å². The van der Waals surface area contributed by atoms with Crippen LogP contribution in [0.15, 0.2) is 29.2 Å². The molecule has 1 atom stereocenters. The number of hydroxylamine groups is 2. The number of amides is 2. The van der Waals surface area contributed by atoms with Crippen molar-refractivity contribution in [1.82, 2.24) is 19.6 Å². The summed E-state index contributed by atoms with van der Waals surface area (Å²) in [5, 5.41) is 7.04. The van der Waals surface area contributed by atoms with Gasteiger partial charge in [-0.1, -0.05) is 17.2 Å². The van der Waals surface area contributed by atoms with Gasteiger partial charge in [0.1, 0.15) is 4.90 Å². The number of carbonyl (C=O) groups excluding carboxylic acids is 3. The van der Waals surface area contributed by atoms with Gasteiger partial charge in [0.05, 0.1) is 28.4 Å². The first-order chi connectivity index (χ1) is 14.2. The number of fused-ring (bicyclic) bond motifs is 1. The van der Waals surface area contributed by atoms with Crippen LogP contribution in [0.4, 0.5) is 0 Å². The van der Waals surface area contributed by atoms with Crippen LogP contribution in [0.2, 0.25) is 0 Å². The molecule has 4 rings (SSSR count). The van der Waals surface area contributed by atoms with E-state index >= 15 is 0 Å². The fourth-order valence-electron chi connectivity index (χ4n) is 3.82. The van der Waals surface area contributed by atoms with E-state index in [-0.39, 0.29) is 29.1 Å². The summed E-state index contributed by atoms with van der Waals surface area (Å²) in [7, 11) is -3.85. The SMILES string of the molecule is Cc1n[nH]c(C)c1S(=O)(=O)N1CCCC(C(=O)ON2C(=O)c3ccccc3C2=O)C1. The number of sulfonamides is 1. The number of nitrogens with one attached hydrogen (secondary N) is 1. The van der Waals surface area contributed by atoms with Crippen LogP contribution in [0.3, 0.4) is 0 Å². The maximum Gasteiger partial charge on any atom is 0.337 e. The molecule has 1 aromatic heterocycles. The summed E-state index contributed by atoms with van der Waals surface area (Å²) in [6, 6.07) is 6.18. The Morgan fingerprint density at radius 2 is 1.80 bits per heavy atom. The van der Waals surface area contributed by atoms with Crippen molar-refractivity contribution in [3.8, 4) is 0 Å². The second-order valence-corrected chi connectivity index (χ2v) is 9.20. The van der Waals surface area contributed by atoms with Crippen molar-refractivity contribution in [2.75, 3.05) is 13.1 Å². The van der Waals surface area contributed by atoms with E-state index in [1.54, 1.807) is 26.0 Å². The molecule has 1 unspecified atom stereocenters. The lowest BCUT2D eigenvalue weighted by Crippen LogP contribution is -2.44. The molecule has 158 valence electrons. The van der Waals surface area contributed by atoms with E-state index in [0.29, 0.717) is 29.3 Å². The number of benzene rings is 1. The molecule has 2 aliphatic rings. The van der Waals surface area contributed by atoms with Crippen molar-refractivity contribution in [3.63, 3.8) is 0 Å². The molecule has 0 saturated carbocycles. The third kappa shape index (κ3) is 3.19. The van der Waals surface area contributed by atoms with Gasteiger partial charge in [-0.2, -0.15) is 9.40 Å². The number of hydrogen-bond acceptors (Lipinski definition) is 7. The number of rotatable bonds is 4. The second-order valence-electron chi connectivity index (χ2n) is 7.33. The number of H-pyrrole nitrogens is 1. The normalized spacial score (nSPS) is 19.8. The van der Waals surface area contributed by atoms with Crippen LogP contribution in [0.5, 0.6) is 0 Å². The summed E-state index contributed by atoms with van der Waals surface area (Å²) in [4.78, 5) is 42.7. The maximum absolute atomic E-state index is 13.1. The van der Waals surface area contributed by atoms with Crippen LogP contribution in [-0.2, 0) is 19.7 Å². The van der Waals surface area contributed by atoms with E-state index < -0.39 is 33.7 Å². The molecule has 2 aromatic rings. The van der Waals surface area contributed by atoms with E-state index in [1.165, 1.54) is 16.4 Å². The lowest BCUT2D eigenvalue weighted by molar-refractivity contribution is -0.174. The zero-order chi connectivity index (χ0) is 21.6. The van der Waals surface area contributed by atoms with Gasteiger partial charge in [0, 0.05) is 13.1 Å². The van der Waals surface area contributed by atoms with Crippen molar-refractivity contribution in [3.05, 3.63) is 46.8 Å². The Kier molecular flexibility index (Phi) is 4.94. The minimum atomic E-state index is -3.85. The molecular weight excluding hydrogens is 412 g/mol. The van der Waals surface area contributed by atoms with Gasteiger partial charge in [-0.15, -0.1) is 0 Å². The quantitative estimate of drug-likeness (QED) is 0.718. The lowest BCUT2D eigenvalue weighted by Gasteiger charge is -2.31. The molecule has 0 spiro atoms. The fraction of sp³-hybridized carbons (Fsp3) is 0.368.